The van der Waals surface area contributed by atoms with Crippen LogP contribution in [-0.2, 0) is 13.3 Å². The lowest BCUT2D eigenvalue weighted by molar-refractivity contribution is 0.0709. The van der Waals surface area contributed by atoms with E-state index < -0.39 is 8.80 Å². The fourth-order valence-electron chi connectivity index (χ4n) is 1.37. The number of rotatable bonds is 10. The summed E-state index contributed by atoms with van der Waals surface area (Å²) in [7, 11) is -2.43. The molecule has 0 heterocycles. The van der Waals surface area contributed by atoms with Crippen molar-refractivity contribution in [3.05, 3.63) is 0 Å². The lowest BCUT2D eigenvalue weighted by Crippen LogP contribution is -2.46. The smallest absolute Gasteiger partial charge is 0.374 e. The number of hydrogen-bond donors (Lipinski definition) is 1. The van der Waals surface area contributed by atoms with Crippen molar-refractivity contribution < 1.29 is 13.3 Å². The zero-order valence-electron chi connectivity index (χ0n) is 9.85. The molecule has 0 bridgehead atoms. The highest BCUT2D eigenvalue weighted by atomic mass is 35.5. The molecule has 0 rings (SSSR count). The van der Waals surface area contributed by atoms with Crippen molar-refractivity contribution in [3.63, 3.8) is 0 Å². The van der Waals surface area contributed by atoms with E-state index in [1.807, 2.05) is 20.8 Å². The monoisotopic (exact) mass is 255 g/mol. The number of halogens is 1. The highest BCUT2D eigenvalue weighted by Gasteiger charge is 2.39. The van der Waals surface area contributed by atoms with Crippen LogP contribution in [0, 0.1) is 0 Å². The predicted molar refractivity (Wildman–Crippen MR) is 63.9 cm³/mol. The average molecular weight is 256 g/mol. The molecular weight excluding hydrogens is 234 g/mol. The van der Waals surface area contributed by atoms with E-state index in [9.17, 15) is 0 Å². The minimum Gasteiger partial charge on any atom is -0.374 e. The van der Waals surface area contributed by atoms with Gasteiger partial charge in [0.25, 0.3) is 0 Å². The van der Waals surface area contributed by atoms with Gasteiger partial charge in [0.2, 0.25) is 0 Å². The highest BCUT2D eigenvalue weighted by Crippen LogP contribution is 2.17. The van der Waals surface area contributed by atoms with E-state index in [0.29, 0.717) is 19.8 Å². The summed E-state index contributed by atoms with van der Waals surface area (Å²) in [4.78, 5) is 2.59. The molecule has 0 aromatic heterocycles. The Kier molecular flexibility index (Phi) is 9.79. The lowest BCUT2D eigenvalue weighted by Gasteiger charge is -2.28. The zero-order valence-corrected chi connectivity index (χ0v) is 11.6. The molecule has 0 aromatic carbocycles. The predicted octanol–water partition coefficient (Wildman–Crippen LogP) is 2.17. The summed E-state index contributed by atoms with van der Waals surface area (Å²) in [6.07, 6.45) is 0.899. The molecule has 92 valence electrons. The first kappa shape index (κ1) is 15.3. The Morgan fingerprint density at radius 3 is 1.80 bits per heavy atom. The maximum absolute atomic E-state index is 5.68. The third-order valence-electron chi connectivity index (χ3n) is 1.85. The normalized spacial score (nSPS) is 12.0. The largest absolute Gasteiger partial charge is 0.500 e. The minimum atomic E-state index is -2.43. The van der Waals surface area contributed by atoms with Crippen LogP contribution in [0.5, 0.6) is 0 Å². The van der Waals surface area contributed by atoms with E-state index in [2.05, 4.69) is 4.84 Å². The Balaban J connectivity index is 4.18. The van der Waals surface area contributed by atoms with Crippen LogP contribution in [0.1, 0.15) is 27.2 Å². The molecule has 0 aromatic rings. The van der Waals surface area contributed by atoms with Crippen LogP contribution < -0.4 is 4.84 Å². The van der Waals surface area contributed by atoms with Crippen LogP contribution in [0.25, 0.3) is 0 Å². The van der Waals surface area contributed by atoms with E-state index in [1.165, 1.54) is 0 Å². The molecule has 15 heavy (non-hydrogen) atoms. The van der Waals surface area contributed by atoms with Crippen molar-refractivity contribution in [1.82, 2.24) is 4.84 Å². The van der Waals surface area contributed by atoms with Gasteiger partial charge in [-0.1, -0.05) is 0 Å². The second-order valence-corrected chi connectivity index (χ2v) is 5.97. The molecule has 0 saturated heterocycles. The molecule has 0 spiro atoms. The van der Waals surface area contributed by atoms with Gasteiger partial charge in [-0.05, 0) is 39.0 Å². The van der Waals surface area contributed by atoms with Gasteiger partial charge in [-0.2, -0.15) is 0 Å². The third-order valence-corrected chi connectivity index (χ3v) is 5.19. The summed E-state index contributed by atoms with van der Waals surface area (Å²) in [5.74, 6) is 0. The van der Waals surface area contributed by atoms with Gasteiger partial charge in [-0.3, -0.25) is 0 Å². The standard InChI is InChI=1S/C9H22ClNO3Si/c1-4-12-15(13-5-2,14-6-3)9-7-8-11-10/h11H,4-9H2,1-3H3. The fraction of sp³-hybridized carbons (Fsp3) is 1.00. The van der Waals surface area contributed by atoms with Crippen molar-refractivity contribution in [3.8, 4) is 0 Å². The second-order valence-electron chi connectivity index (χ2n) is 2.97. The molecule has 0 aliphatic carbocycles. The van der Waals surface area contributed by atoms with Gasteiger partial charge in [0.05, 0.1) is 0 Å². The van der Waals surface area contributed by atoms with Crippen molar-refractivity contribution in [2.45, 2.75) is 33.2 Å². The summed E-state index contributed by atoms with van der Waals surface area (Å²) >= 11 is 5.40. The van der Waals surface area contributed by atoms with Gasteiger partial charge in [-0.25, -0.2) is 4.84 Å². The molecular formula is C9H22ClNO3Si. The first-order valence-electron chi connectivity index (χ1n) is 5.50. The molecule has 0 saturated carbocycles. The Bertz CT molecular complexity index is 134. The highest BCUT2D eigenvalue weighted by molar-refractivity contribution is 6.60. The van der Waals surface area contributed by atoms with Crippen molar-refractivity contribution >= 4 is 20.6 Å². The van der Waals surface area contributed by atoms with Crippen molar-refractivity contribution in [2.24, 2.45) is 0 Å². The summed E-state index contributed by atoms with van der Waals surface area (Å²) < 4.78 is 17.0. The molecule has 4 nitrogen and oxygen atoms in total. The summed E-state index contributed by atoms with van der Waals surface area (Å²) in [5, 5.41) is 0. The van der Waals surface area contributed by atoms with Crippen LogP contribution in [0.3, 0.4) is 0 Å². The van der Waals surface area contributed by atoms with E-state index >= 15 is 0 Å². The van der Waals surface area contributed by atoms with E-state index in [-0.39, 0.29) is 0 Å². The molecule has 0 atom stereocenters. The zero-order chi connectivity index (χ0) is 11.6. The molecule has 0 amide bonds. The van der Waals surface area contributed by atoms with Crippen LogP contribution in [0.2, 0.25) is 6.04 Å². The Labute approximate surface area is 98.7 Å². The van der Waals surface area contributed by atoms with Crippen LogP contribution in [0.15, 0.2) is 0 Å². The Morgan fingerprint density at radius 1 is 1.00 bits per heavy atom. The molecule has 0 aliphatic heterocycles. The topological polar surface area (TPSA) is 39.7 Å². The minimum absolute atomic E-state index is 0.626. The first-order valence-corrected chi connectivity index (χ1v) is 7.81. The second kappa shape index (κ2) is 9.56. The van der Waals surface area contributed by atoms with Crippen LogP contribution in [-0.4, -0.2) is 35.2 Å². The summed E-state index contributed by atoms with van der Waals surface area (Å²) in [6.45, 7) is 8.49. The van der Waals surface area contributed by atoms with E-state index in [1.54, 1.807) is 0 Å². The molecule has 0 radical (unpaired) electrons. The van der Waals surface area contributed by atoms with Gasteiger partial charge in [0.1, 0.15) is 0 Å². The molecule has 6 heteroatoms. The lowest BCUT2D eigenvalue weighted by atomic mass is 10.5. The maximum Gasteiger partial charge on any atom is 0.500 e. The third kappa shape index (κ3) is 6.50. The first-order chi connectivity index (χ1) is 7.24. The van der Waals surface area contributed by atoms with Crippen LogP contribution in [0.4, 0.5) is 0 Å². The van der Waals surface area contributed by atoms with Crippen molar-refractivity contribution in [1.29, 1.82) is 0 Å². The number of nitrogens with one attached hydrogen (secondary N) is 1. The van der Waals surface area contributed by atoms with Gasteiger partial charge >= 0.3 is 8.80 Å². The Hall–Kier alpha value is 0.347. The molecule has 1 N–H and O–H groups in total. The van der Waals surface area contributed by atoms with Crippen LogP contribution >= 0.6 is 11.8 Å². The Morgan fingerprint density at radius 2 is 1.47 bits per heavy atom. The fourth-order valence-corrected chi connectivity index (χ4v) is 4.12. The number of hydrogen-bond acceptors (Lipinski definition) is 4. The quantitative estimate of drug-likeness (QED) is 0.369. The summed E-state index contributed by atoms with van der Waals surface area (Å²) in [6, 6.07) is 0.808. The van der Waals surface area contributed by atoms with Crippen molar-refractivity contribution in [2.75, 3.05) is 26.4 Å². The molecule has 0 fully saturated rings. The SMILES string of the molecule is CCO[Si](CCCNCl)(OCC)OCC. The average Bonchev–Trinajstić information content (AvgIpc) is 2.19. The van der Waals surface area contributed by atoms with Gasteiger partial charge in [-0.15, -0.1) is 0 Å². The maximum atomic E-state index is 5.68. The summed E-state index contributed by atoms with van der Waals surface area (Å²) in [5.41, 5.74) is 0. The van der Waals surface area contributed by atoms with Gasteiger partial charge in [0.15, 0.2) is 0 Å². The van der Waals surface area contributed by atoms with E-state index in [4.69, 9.17) is 25.1 Å². The van der Waals surface area contributed by atoms with Gasteiger partial charge < -0.3 is 13.3 Å². The molecule has 0 aliphatic rings. The molecule has 0 unspecified atom stereocenters. The van der Waals surface area contributed by atoms with E-state index in [0.717, 1.165) is 19.0 Å². The van der Waals surface area contributed by atoms with Gasteiger partial charge in [0, 0.05) is 32.4 Å².